The first-order chi connectivity index (χ1) is 11.6. The van der Waals surface area contributed by atoms with Crippen LogP contribution >= 0.6 is 11.3 Å². The van der Waals surface area contributed by atoms with E-state index in [-0.39, 0.29) is 5.91 Å². The number of nitrogens with one attached hydrogen (secondary N) is 1. The van der Waals surface area contributed by atoms with Crippen LogP contribution in [-0.4, -0.2) is 20.7 Å². The molecule has 1 amide bonds. The number of benzene rings is 1. The van der Waals surface area contributed by atoms with Gasteiger partial charge in [0.1, 0.15) is 17.0 Å². The SMILES string of the molecule is Cc1cnn(C)c1C(=O)Nc1nc(-c2cc3ccccc3o2)cs1. The molecule has 4 aromatic rings. The van der Waals surface area contributed by atoms with Crippen LogP contribution in [-0.2, 0) is 7.05 Å². The van der Waals surface area contributed by atoms with Gasteiger partial charge >= 0.3 is 0 Å². The van der Waals surface area contributed by atoms with Crippen LogP contribution in [0.2, 0.25) is 0 Å². The first-order valence-electron chi connectivity index (χ1n) is 7.36. The van der Waals surface area contributed by atoms with Gasteiger partial charge in [0, 0.05) is 17.8 Å². The lowest BCUT2D eigenvalue weighted by Crippen LogP contribution is -2.17. The molecular formula is C17H14N4O2S. The number of para-hydroxylation sites is 1. The smallest absolute Gasteiger partial charge is 0.275 e. The number of hydrogen-bond donors (Lipinski definition) is 1. The Bertz CT molecular complexity index is 991. The van der Waals surface area contributed by atoms with Gasteiger partial charge in [-0.2, -0.15) is 5.10 Å². The molecule has 1 N–H and O–H groups in total. The second kappa shape index (κ2) is 5.61. The van der Waals surface area contributed by atoms with E-state index in [1.54, 1.807) is 17.9 Å². The molecule has 1 aromatic carbocycles. The summed E-state index contributed by atoms with van der Waals surface area (Å²) < 4.78 is 7.35. The first-order valence-corrected chi connectivity index (χ1v) is 8.24. The maximum atomic E-state index is 12.4. The zero-order valence-corrected chi connectivity index (χ0v) is 13.9. The largest absolute Gasteiger partial charge is 0.454 e. The molecule has 0 aliphatic carbocycles. The van der Waals surface area contributed by atoms with E-state index in [4.69, 9.17) is 4.42 Å². The van der Waals surface area contributed by atoms with Gasteiger partial charge in [0.05, 0.1) is 6.20 Å². The van der Waals surface area contributed by atoms with Crippen molar-refractivity contribution >= 4 is 33.3 Å². The van der Waals surface area contributed by atoms with Crippen molar-refractivity contribution in [2.24, 2.45) is 7.05 Å². The van der Waals surface area contributed by atoms with E-state index in [0.29, 0.717) is 22.3 Å². The van der Waals surface area contributed by atoms with E-state index in [1.165, 1.54) is 11.3 Å². The molecule has 3 heterocycles. The number of nitrogens with zero attached hydrogens (tertiary/aromatic N) is 3. The molecule has 4 rings (SSSR count). The molecule has 0 radical (unpaired) electrons. The molecule has 120 valence electrons. The van der Waals surface area contributed by atoms with E-state index >= 15 is 0 Å². The topological polar surface area (TPSA) is 73.0 Å². The van der Waals surface area contributed by atoms with Crippen LogP contribution < -0.4 is 5.32 Å². The maximum absolute atomic E-state index is 12.4. The quantitative estimate of drug-likeness (QED) is 0.616. The Hall–Kier alpha value is -2.93. The number of rotatable bonds is 3. The van der Waals surface area contributed by atoms with Gasteiger partial charge in [-0.3, -0.25) is 14.8 Å². The van der Waals surface area contributed by atoms with Gasteiger partial charge in [-0.15, -0.1) is 11.3 Å². The summed E-state index contributed by atoms with van der Waals surface area (Å²) in [5.41, 5.74) is 2.87. The molecule has 0 saturated carbocycles. The molecule has 0 saturated heterocycles. The zero-order chi connectivity index (χ0) is 16.7. The fourth-order valence-corrected chi connectivity index (χ4v) is 3.28. The fourth-order valence-electron chi connectivity index (χ4n) is 2.58. The van der Waals surface area contributed by atoms with Crippen LogP contribution in [0, 0.1) is 6.92 Å². The Kier molecular flexibility index (Phi) is 3.42. The Morgan fingerprint density at radius 2 is 2.17 bits per heavy atom. The summed E-state index contributed by atoms with van der Waals surface area (Å²) in [4.78, 5) is 16.8. The lowest BCUT2D eigenvalue weighted by atomic mass is 10.2. The average Bonchev–Trinajstić information content (AvgIpc) is 3.25. The van der Waals surface area contributed by atoms with Crippen molar-refractivity contribution in [1.29, 1.82) is 0 Å². The summed E-state index contributed by atoms with van der Waals surface area (Å²) in [6.45, 7) is 1.85. The van der Waals surface area contributed by atoms with Gasteiger partial charge in [0.2, 0.25) is 0 Å². The number of aromatic nitrogens is 3. The number of anilines is 1. The second-order valence-electron chi connectivity index (χ2n) is 5.44. The fraction of sp³-hybridized carbons (Fsp3) is 0.118. The summed E-state index contributed by atoms with van der Waals surface area (Å²) in [7, 11) is 1.74. The number of fused-ring (bicyclic) bond motifs is 1. The molecular weight excluding hydrogens is 324 g/mol. The van der Waals surface area contributed by atoms with Crippen LogP contribution in [0.25, 0.3) is 22.4 Å². The van der Waals surface area contributed by atoms with E-state index in [0.717, 1.165) is 16.5 Å². The molecule has 0 unspecified atom stereocenters. The minimum atomic E-state index is -0.224. The van der Waals surface area contributed by atoms with Crippen molar-refractivity contribution in [3.05, 3.63) is 53.2 Å². The summed E-state index contributed by atoms with van der Waals surface area (Å²) in [6, 6.07) is 9.74. The minimum absolute atomic E-state index is 0.224. The Morgan fingerprint density at radius 1 is 1.33 bits per heavy atom. The standard InChI is InChI=1S/C17H14N4O2S/c1-10-8-18-21(2)15(10)16(22)20-17-19-12(9-24-17)14-7-11-5-3-4-6-13(11)23-14/h3-9H,1-2H3,(H,19,20,22). The van der Waals surface area contributed by atoms with E-state index in [2.05, 4.69) is 15.4 Å². The monoisotopic (exact) mass is 338 g/mol. The van der Waals surface area contributed by atoms with Crippen molar-refractivity contribution in [2.45, 2.75) is 6.92 Å². The third-order valence-corrected chi connectivity index (χ3v) is 4.50. The molecule has 7 heteroatoms. The van der Waals surface area contributed by atoms with Crippen molar-refractivity contribution in [3.63, 3.8) is 0 Å². The first kappa shape index (κ1) is 14.6. The van der Waals surface area contributed by atoms with Crippen LogP contribution in [0.4, 0.5) is 5.13 Å². The number of carbonyl (C=O) groups is 1. The van der Waals surface area contributed by atoms with Gasteiger partial charge in [0.15, 0.2) is 10.9 Å². The van der Waals surface area contributed by atoms with Gasteiger partial charge in [-0.1, -0.05) is 18.2 Å². The second-order valence-corrected chi connectivity index (χ2v) is 6.30. The lowest BCUT2D eigenvalue weighted by Gasteiger charge is -2.03. The lowest BCUT2D eigenvalue weighted by molar-refractivity contribution is 0.101. The molecule has 6 nitrogen and oxygen atoms in total. The number of aryl methyl sites for hydroxylation is 2. The third-order valence-electron chi connectivity index (χ3n) is 3.74. The number of carbonyl (C=O) groups excluding carboxylic acids is 1. The summed E-state index contributed by atoms with van der Waals surface area (Å²) in [5.74, 6) is 0.461. The number of thiazole rings is 1. The Balaban J connectivity index is 1.60. The highest BCUT2D eigenvalue weighted by atomic mass is 32.1. The van der Waals surface area contributed by atoms with Crippen LogP contribution in [0.15, 0.2) is 46.3 Å². The highest BCUT2D eigenvalue weighted by Crippen LogP contribution is 2.30. The van der Waals surface area contributed by atoms with Gasteiger partial charge in [-0.05, 0) is 24.6 Å². The van der Waals surface area contributed by atoms with E-state index in [9.17, 15) is 4.79 Å². The molecule has 0 bridgehead atoms. The van der Waals surface area contributed by atoms with E-state index < -0.39 is 0 Å². The van der Waals surface area contributed by atoms with Gasteiger partial charge in [0.25, 0.3) is 5.91 Å². The molecule has 0 atom stereocenters. The Morgan fingerprint density at radius 3 is 2.92 bits per heavy atom. The third kappa shape index (κ3) is 2.48. The zero-order valence-electron chi connectivity index (χ0n) is 13.1. The predicted molar refractivity (Wildman–Crippen MR) is 93.2 cm³/mol. The van der Waals surface area contributed by atoms with Crippen LogP contribution in [0.3, 0.4) is 0 Å². The number of furan rings is 1. The summed E-state index contributed by atoms with van der Waals surface area (Å²) >= 11 is 1.36. The van der Waals surface area contributed by atoms with Crippen LogP contribution in [0.5, 0.6) is 0 Å². The molecule has 24 heavy (non-hydrogen) atoms. The van der Waals surface area contributed by atoms with Crippen molar-refractivity contribution in [2.75, 3.05) is 5.32 Å². The molecule has 0 spiro atoms. The summed E-state index contributed by atoms with van der Waals surface area (Å²) in [6.07, 6.45) is 1.66. The van der Waals surface area contributed by atoms with E-state index in [1.807, 2.05) is 42.6 Å². The van der Waals surface area contributed by atoms with Gasteiger partial charge < -0.3 is 4.42 Å². The molecule has 0 aliphatic rings. The average molecular weight is 338 g/mol. The Labute approximate surface area is 141 Å². The highest BCUT2D eigenvalue weighted by Gasteiger charge is 2.17. The van der Waals surface area contributed by atoms with Crippen molar-refractivity contribution < 1.29 is 9.21 Å². The van der Waals surface area contributed by atoms with Gasteiger partial charge in [-0.25, -0.2) is 4.98 Å². The predicted octanol–water partition coefficient (Wildman–Crippen LogP) is 3.85. The summed E-state index contributed by atoms with van der Waals surface area (Å²) in [5, 5.41) is 10.3. The maximum Gasteiger partial charge on any atom is 0.275 e. The molecule has 3 aromatic heterocycles. The van der Waals surface area contributed by atoms with Crippen LogP contribution in [0.1, 0.15) is 16.1 Å². The van der Waals surface area contributed by atoms with Crippen molar-refractivity contribution in [3.8, 4) is 11.5 Å². The highest BCUT2D eigenvalue weighted by molar-refractivity contribution is 7.14. The normalized spacial score (nSPS) is 11.1. The number of hydrogen-bond acceptors (Lipinski definition) is 5. The molecule has 0 aliphatic heterocycles. The molecule has 0 fully saturated rings. The van der Waals surface area contributed by atoms with Crippen molar-refractivity contribution in [1.82, 2.24) is 14.8 Å². The minimum Gasteiger partial charge on any atom is -0.454 e. The number of amides is 1.